The lowest BCUT2D eigenvalue weighted by atomic mass is 9.79. The van der Waals surface area contributed by atoms with E-state index in [9.17, 15) is 36.0 Å². The number of methoxy groups -OCH3 is 2. The number of nitrogens with zero attached hydrogens (tertiary/aromatic N) is 2. The molecule has 2 aliphatic carbocycles. The van der Waals surface area contributed by atoms with Crippen molar-refractivity contribution in [2.45, 2.75) is 121 Å². The summed E-state index contributed by atoms with van der Waals surface area (Å²) in [5.41, 5.74) is -3.71. The van der Waals surface area contributed by atoms with Crippen LogP contribution >= 0.6 is 0 Å². The summed E-state index contributed by atoms with van der Waals surface area (Å²) in [5.74, 6) is -4.02. The molecule has 0 bridgehead atoms. The minimum Gasteiger partial charge on any atom is -0.497 e. The van der Waals surface area contributed by atoms with Crippen LogP contribution in [0.4, 0.5) is 13.2 Å². The van der Waals surface area contributed by atoms with Crippen LogP contribution in [-0.2, 0) is 33.9 Å². The fourth-order valence-electron chi connectivity index (χ4n) is 8.47. The van der Waals surface area contributed by atoms with E-state index in [4.69, 9.17) is 18.9 Å². The summed E-state index contributed by atoms with van der Waals surface area (Å²) in [6.07, 6.45) is 0.263. The lowest BCUT2D eigenvalue weighted by molar-refractivity contribution is -0.257. The van der Waals surface area contributed by atoms with Gasteiger partial charge in [0, 0.05) is 30.4 Å². The minimum atomic E-state index is -4.87. The van der Waals surface area contributed by atoms with Crippen LogP contribution in [0.5, 0.6) is 17.4 Å². The van der Waals surface area contributed by atoms with Gasteiger partial charge in [-0.15, -0.1) is 0 Å². The van der Waals surface area contributed by atoms with Gasteiger partial charge in [0.15, 0.2) is 5.78 Å². The first-order chi connectivity index (χ1) is 27.7. The Morgan fingerprint density at radius 3 is 2.42 bits per heavy atom. The number of sulfonamides is 1. The van der Waals surface area contributed by atoms with E-state index in [0.29, 0.717) is 60.9 Å². The van der Waals surface area contributed by atoms with E-state index < -0.39 is 92.4 Å². The molecule has 1 aromatic heterocycles. The summed E-state index contributed by atoms with van der Waals surface area (Å²) < 4.78 is 92.0. The molecule has 0 spiro atoms. The largest absolute Gasteiger partial charge is 0.497 e. The van der Waals surface area contributed by atoms with Crippen LogP contribution in [0.25, 0.3) is 10.9 Å². The van der Waals surface area contributed by atoms with Gasteiger partial charge in [0.1, 0.15) is 17.6 Å². The number of carbonyl (C=O) groups excluding carboxylic acids is 4. The van der Waals surface area contributed by atoms with Crippen molar-refractivity contribution in [2.75, 3.05) is 20.8 Å². The number of hydrogen-bond donors (Lipinski definition) is 1. The summed E-state index contributed by atoms with van der Waals surface area (Å²) in [5, 5.41) is -0.0848. The number of carbonyl (C=O) groups is 4. The average molecular weight is 850 g/mol. The van der Waals surface area contributed by atoms with Crippen LogP contribution in [0, 0.1) is 29.1 Å². The van der Waals surface area contributed by atoms with E-state index in [1.54, 1.807) is 24.3 Å². The predicted octanol–water partition coefficient (Wildman–Crippen LogP) is 6.47. The molecule has 3 fully saturated rings. The SMILES string of the molecule is CC[C@@H]1C[C@H](C)CC/C=C\[C@@H]2C[C@@]2(C(=O)NS(=O)(=O)C2CC2)CC(=O)[C@@H]2C[C@@H](Oc3cc(OC)nc4cc(OC)ccc34)CN2C(=O)[C@H]1CC(=O)OC(C)(C)C(F)(F)F. The number of Topliss-reactive ketones (excluding diaryl/α,β-unsaturated/α-hetero) is 1. The van der Waals surface area contributed by atoms with Crippen molar-refractivity contribution < 1.29 is 59.7 Å². The van der Waals surface area contributed by atoms with Gasteiger partial charge in [0.2, 0.25) is 33.3 Å². The fraction of sp³-hybridized carbons (Fsp3) is 0.643. The quantitative estimate of drug-likeness (QED) is 0.195. The first kappa shape index (κ1) is 44.2. The summed E-state index contributed by atoms with van der Waals surface area (Å²) in [6.45, 7) is 5.19. The van der Waals surface area contributed by atoms with Gasteiger partial charge in [0.05, 0.1) is 55.3 Å². The number of rotatable bonds is 11. The monoisotopic (exact) mass is 849 g/mol. The molecule has 7 atom stereocenters. The van der Waals surface area contributed by atoms with Gasteiger partial charge in [-0.25, -0.2) is 13.4 Å². The second kappa shape index (κ2) is 16.9. The molecule has 2 amide bonds. The first-order valence-electron chi connectivity index (χ1n) is 20.3. The van der Waals surface area contributed by atoms with Crippen molar-refractivity contribution >= 4 is 44.5 Å². The molecule has 4 aliphatic rings. The minimum absolute atomic E-state index is 0.0178. The third-order valence-electron chi connectivity index (χ3n) is 12.4. The van der Waals surface area contributed by atoms with Crippen molar-refractivity contribution in [1.82, 2.24) is 14.6 Å². The number of benzene rings is 1. The van der Waals surface area contributed by atoms with Gasteiger partial charge in [-0.3, -0.25) is 23.9 Å². The number of esters is 1. The molecule has 324 valence electrons. The van der Waals surface area contributed by atoms with Crippen LogP contribution in [-0.4, -0.2) is 91.8 Å². The molecule has 1 saturated heterocycles. The summed E-state index contributed by atoms with van der Waals surface area (Å²) in [4.78, 5) is 62.8. The summed E-state index contributed by atoms with van der Waals surface area (Å²) >= 11 is 0. The lowest BCUT2D eigenvalue weighted by Crippen LogP contribution is -2.48. The molecule has 0 radical (unpaired) electrons. The zero-order valence-electron chi connectivity index (χ0n) is 34.3. The number of aromatic nitrogens is 1. The van der Waals surface area contributed by atoms with Crippen LogP contribution in [0.1, 0.15) is 91.9 Å². The van der Waals surface area contributed by atoms with Crippen LogP contribution in [0.2, 0.25) is 0 Å². The Kier molecular flexibility index (Phi) is 12.7. The number of alkyl halides is 3. The van der Waals surface area contributed by atoms with Gasteiger partial charge >= 0.3 is 12.1 Å². The summed E-state index contributed by atoms with van der Waals surface area (Å²) in [6, 6.07) is 5.56. The van der Waals surface area contributed by atoms with Crippen molar-refractivity contribution in [3.8, 4) is 17.4 Å². The molecule has 2 aliphatic heterocycles. The average Bonchev–Trinajstić information content (AvgIpc) is 4.10. The highest BCUT2D eigenvalue weighted by Gasteiger charge is 2.62. The van der Waals surface area contributed by atoms with Crippen molar-refractivity contribution in [3.63, 3.8) is 0 Å². The number of ketones is 1. The van der Waals surface area contributed by atoms with Gasteiger partial charge in [0.25, 0.3) is 0 Å². The standard InChI is InChI=1S/C42H54F3N3O10S/c1-7-25-16-24(2)10-8-9-11-26-21-41(26,39(52)47-59(53,54)29-13-14-29)22-34(49)33-18-28(57-35-20-36(56-6)46-32-17-27(55-5)12-15-30(32)35)23-48(33)38(51)31(25)19-37(50)58-40(3,4)42(43,44)45/h9,11-12,15,17,20,24-26,28-29,31,33H,7-8,10,13-14,16,18-19,21-23H2,1-6H3,(H,47,52)/b11-9-/t24-,25-,26-,28-,31+,33+,41-/m1/s1. The van der Waals surface area contributed by atoms with E-state index in [1.807, 2.05) is 26.0 Å². The van der Waals surface area contributed by atoms with E-state index >= 15 is 4.79 Å². The Labute approximate surface area is 342 Å². The maximum absolute atomic E-state index is 15.0. The van der Waals surface area contributed by atoms with Gasteiger partial charge in [-0.2, -0.15) is 13.2 Å². The topological polar surface area (TPSA) is 168 Å². The molecule has 2 saturated carbocycles. The molecule has 6 rings (SSSR count). The van der Waals surface area contributed by atoms with Gasteiger partial charge in [-0.05, 0) is 82.3 Å². The van der Waals surface area contributed by atoms with Crippen LogP contribution in [0.15, 0.2) is 36.4 Å². The smallest absolute Gasteiger partial charge is 0.427 e. The number of pyridine rings is 1. The number of nitrogens with one attached hydrogen (secondary N) is 1. The molecule has 13 nitrogen and oxygen atoms in total. The Morgan fingerprint density at radius 1 is 1.05 bits per heavy atom. The van der Waals surface area contributed by atoms with Crippen molar-refractivity contribution in [3.05, 3.63) is 36.4 Å². The molecule has 0 unspecified atom stereocenters. The Balaban J connectivity index is 1.38. The maximum atomic E-state index is 15.0. The predicted molar refractivity (Wildman–Crippen MR) is 210 cm³/mol. The zero-order chi connectivity index (χ0) is 43.1. The highest BCUT2D eigenvalue weighted by atomic mass is 32.2. The number of allylic oxidation sites excluding steroid dienone is 2. The molecule has 1 aromatic carbocycles. The second-order valence-corrected chi connectivity index (χ2v) is 19.1. The Morgan fingerprint density at radius 2 is 1.78 bits per heavy atom. The van der Waals surface area contributed by atoms with Crippen LogP contribution < -0.4 is 18.9 Å². The normalized spacial score (nSPS) is 28.7. The molecular formula is C42H54F3N3O10S. The van der Waals surface area contributed by atoms with Crippen molar-refractivity contribution in [2.24, 2.45) is 29.1 Å². The molecular weight excluding hydrogens is 796 g/mol. The molecule has 3 heterocycles. The fourth-order valence-corrected chi connectivity index (χ4v) is 9.85. The molecule has 1 N–H and O–H groups in total. The zero-order valence-corrected chi connectivity index (χ0v) is 35.1. The van der Waals surface area contributed by atoms with E-state index in [2.05, 4.69) is 9.71 Å². The maximum Gasteiger partial charge on any atom is 0.427 e. The van der Waals surface area contributed by atoms with Gasteiger partial charge < -0.3 is 23.8 Å². The number of ether oxygens (including phenoxy) is 4. The number of hydrogen-bond acceptors (Lipinski definition) is 11. The summed E-state index contributed by atoms with van der Waals surface area (Å²) in [7, 11) is -0.989. The third kappa shape index (κ3) is 9.65. The van der Waals surface area contributed by atoms with Crippen molar-refractivity contribution in [1.29, 1.82) is 0 Å². The Bertz CT molecular complexity index is 2080. The number of fused-ring (bicyclic) bond motifs is 3. The highest BCUT2D eigenvalue weighted by molar-refractivity contribution is 7.90. The van der Waals surface area contributed by atoms with E-state index in [0.717, 1.165) is 13.8 Å². The van der Waals surface area contributed by atoms with E-state index in [1.165, 1.54) is 19.1 Å². The first-order valence-corrected chi connectivity index (χ1v) is 21.8. The molecule has 17 heteroatoms. The Hall–Kier alpha value is -4.41. The van der Waals surface area contributed by atoms with Gasteiger partial charge in [-0.1, -0.05) is 32.4 Å². The highest BCUT2D eigenvalue weighted by Crippen LogP contribution is 2.57. The molecule has 2 aromatic rings. The molecule has 59 heavy (non-hydrogen) atoms. The lowest BCUT2D eigenvalue weighted by Gasteiger charge is -2.34. The third-order valence-corrected chi connectivity index (χ3v) is 14.2. The number of halogens is 3. The second-order valence-electron chi connectivity index (χ2n) is 17.1. The van der Waals surface area contributed by atoms with Crippen LogP contribution in [0.3, 0.4) is 0 Å². The number of amides is 2. The van der Waals surface area contributed by atoms with E-state index in [-0.39, 0.29) is 37.6 Å².